The normalized spacial score (nSPS) is 11.2. The van der Waals surface area contributed by atoms with Crippen molar-refractivity contribution in [1.82, 2.24) is 41.3 Å². The van der Waals surface area contributed by atoms with Gasteiger partial charge in [-0.15, -0.1) is 0 Å². The number of Topliss-reactive ketones (excluding diaryl/α,β-unsaturated/α-hetero) is 3. The number of likely N-dealkylation sites (N-methyl/N-ethyl adjacent to an activating group) is 1. The number of amides is 3. The van der Waals surface area contributed by atoms with Crippen molar-refractivity contribution in [2.24, 2.45) is 5.11 Å². The summed E-state index contributed by atoms with van der Waals surface area (Å²) in [7, 11) is 3.68. The molecule has 0 bridgehead atoms. The van der Waals surface area contributed by atoms with Gasteiger partial charge in [-0.2, -0.15) is 0 Å². The molecule has 0 saturated heterocycles. The minimum absolute atomic E-state index is 0.0188. The molecule has 17 nitrogen and oxygen atoms in total. The lowest BCUT2D eigenvalue weighted by Crippen LogP contribution is -2.39. The Morgan fingerprint density at radius 2 is 0.897 bits per heavy atom. The van der Waals surface area contributed by atoms with E-state index < -0.39 is 0 Å². The third kappa shape index (κ3) is 34.6. The predicted molar refractivity (Wildman–Crippen MR) is 230 cm³/mol. The molecule has 0 spiro atoms. The lowest BCUT2D eigenvalue weighted by Gasteiger charge is -2.23. The summed E-state index contributed by atoms with van der Waals surface area (Å²) < 4.78 is 0. The van der Waals surface area contributed by atoms with E-state index in [9.17, 15) is 28.8 Å². The quantitative estimate of drug-likeness (QED) is 0.0261. The number of rotatable bonds is 42. The maximum atomic E-state index is 13.0. The highest BCUT2D eigenvalue weighted by atomic mass is 16.2. The summed E-state index contributed by atoms with van der Waals surface area (Å²) in [4.78, 5) is 84.3. The number of nitrogens with zero attached hydrogens (tertiary/aromatic N) is 6. The molecule has 334 valence electrons. The van der Waals surface area contributed by atoms with Gasteiger partial charge in [0, 0.05) is 148 Å². The number of carbonyl (C=O) groups is 6. The summed E-state index contributed by atoms with van der Waals surface area (Å²) in [5, 5.41) is 18.5. The average molecular weight is 822 g/mol. The molecule has 0 aromatic carbocycles. The number of hydrogen-bond donors (Lipinski definition) is 5. The zero-order valence-electron chi connectivity index (χ0n) is 36.6. The van der Waals surface area contributed by atoms with Crippen LogP contribution in [-0.2, 0) is 28.8 Å². The van der Waals surface area contributed by atoms with Crippen molar-refractivity contribution in [2.75, 3.05) is 112 Å². The Labute approximate surface area is 348 Å². The molecule has 3 amide bonds. The first kappa shape index (κ1) is 54.5. The zero-order valence-corrected chi connectivity index (χ0v) is 36.6. The number of ketones is 3. The van der Waals surface area contributed by atoms with Gasteiger partial charge in [0.05, 0.1) is 0 Å². The second kappa shape index (κ2) is 39.0. The van der Waals surface area contributed by atoms with Gasteiger partial charge in [0.25, 0.3) is 0 Å². The lowest BCUT2D eigenvalue weighted by molar-refractivity contribution is -0.123. The topological polar surface area (TPSA) is 221 Å². The highest BCUT2D eigenvalue weighted by Gasteiger charge is 2.15. The highest BCUT2D eigenvalue weighted by Crippen LogP contribution is 2.07. The van der Waals surface area contributed by atoms with Crippen molar-refractivity contribution < 1.29 is 28.8 Å². The fourth-order valence-corrected chi connectivity index (χ4v) is 6.12. The SMILES string of the molecule is CCCCCC(=O)CCN(CCNC(=O)CCN(CCN=[N+]=[N-])CCC(=O)CCCN(CCC(=O)CCCNC)CCC(=O)NCCNC)CCC(=O)NCCCC. The Morgan fingerprint density at radius 3 is 1.41 bits per heavy atom. The minimum atomic E-state index is -0.149. The molecule has 0 rings (SSSR count). The first-order valence-corrected chi connectivity index (χ1v) is 21.9. The van der Waals surface area contributed by atoms with E-state index in [1.807, 2.05) is 19.0 Å². The van der Waals surface area contributed by atoms with Gasteiger partial charge in [-0.25, -0.2) is 0 Å². The molecule has 0 radical (unpaired) electrons. The van der Waals surface area contributed by atoms with Crippen LogP contribution in [0.15, 0.2) is 5.11 Å². The molecule has 0 fully saturated rings. The van der Waals surface area contributed by atoms with Crippen LogP contribution in [0.3, 0.4) is 0 Å². The van der Waals surface area contributed by atoms with Gasteiger partial charge in [0.1, 0.15) is 17.3 Å². The van der Waals surface area contributed by atoms with E-state index >= 15 is 0 Å². The van der Waals surface area contributed by atoms with Crippen molar-refractivity contribution in [3.63, 3.8) is 0 Å². The molecule has 58 heavy (non-hydrogen) atoms. The summed E-state index contributed by atoms with van der Waals surface area (Å²) >= 11 is 0. The van der Waals surface area contributed by atoms with Crippen LogP contribution >= 0.6 is 0 Å². The Hall–Kier alpha value is -3.47. The van der Waals surface area contributed by atoms with Crippen LogP contribution in [0.1, 0.15) is 117 Å². The van der Waals surface area contributed by atoms with Crippen molar-refractivity contribution >= 4 is 35.1 Å². The Bertz CT molecular complexity index is 1060. The van der Waals surface area contributed by atoms with Gasteiger partial charge < -0.3 is 41.3 Å². The molecule has 0 unspecified atom stereocenters. The van der Waals surface area contributed by atoms with Gasteiger partial charge in [0.15, 0.2) is 0 Å². The van der Waals surface area contributed by atoms with Crippen molar-refractivity contribution in [3.8, 4) is 0 Å². The van der Waals surface area contributed by atoms with Crippen molar-refractivity contribution in [3.05, 3.63) is 10.4 Å². The fraction of sp³-hybridized carbons (Fsp3) is 0.854. The fourth-order valence-electron chi connectivity index (χ4n) is 6.12. The van der Waals surface area contributed by atoms with Crippen LogP contribution in [0, 0.1) is 0 Å². The molecular formula is C41H79N11O6. The zero-order chi connectivity index (χ0) is 43.1. The van der Waals surface area contributed by atoms with Crippen molar-refractivity contribution in [1.29, 1.82) is 0 Å². The second-order valence-electron chi connectivity index (χ2n) is 14.9. The first-order chi connectivity index (χ1) is 28.1. The molecule has 17 heteroatoms. The third-order valence-electron chi connectivity index (χ3n) is 9.84. The summed E-state index contributed by atoms with van der Waals surface area (Å²) in [5.74, 6) is 0.265. The molecule has 0 atom stereocenters. The molecule has 0 aromatic rings. The Morgan fingerprint density at radius 1 is 0.448 bits per heavy atom. The van der Waals surface area contributed by atoms with Crippen molar-refractivity contribution in [2.45, 2.75) is 117 Å². The van der Waals surface area contributed by atoms with Crippen LogP contribution in [0.5, 0.6) is 0 Å². The van der Waals surface area contributed by atoms with Crippen LogP contribution < -0.4 is 26.6 Å². The first-order valence-electron chi connectivity index (χ1n) is 21.9. The molecule has 5 N–H and O–H groups in total. The molecule has 0 aliphatic heterocycles. The molecule has 0 aliphatic carbocycles. The largest absolute Gasteiger partial charge is 0.356 e. The smallest absolute Gasteiger partial charge is 0.221 e. The summed E-state index contributed by atoms with van der Waals surface area (Å²) in [6.07, 6.45) is 9.67. The van der Waals surface area contributed by atoms with E-state index in [2.05, 4.69) is 60.3 Å². The van der Waals surface area contributed by atoms with Gasteiger partial charge >= 0.3 is 0 Å². The van der Waals surface area contributed by atoms with E-state index in [0.29, 0.717) is 136 Å². The minimum Gasteiger partial charge on any atom is -0.356 e. The lowest BCUT2D eigenvalue weighted by atomic mass is 10.1. The number of hydrogen-bond acceptors (Lipinski definition) is 12. The number of carbonyl (C=O) groups excluding carboxylic acids is 6. The van der Waals surface area contributed by atoms with Gasteiger partial charge in [-0.05, 0) is 58.4 Å². The predicted octanol–water partition coefficient (Wildman–Crippen LogP) is 2.98. The average Bonchev–Trinajstić information content (AvgIpc) is 3.20. The van der Waals surface area contributed by atoms with Gasteiger partial charge in [0.2, 0.25) is 17.7 Å². The van der Waals surface area contributed by atoms with Crippen LogP contribution in [0.2, 0.25) is 0 Å². The van der Waals surface area contributed by atoms with Crippen LogP contribution in [0.25, 0.3) is 10.4 Å². The number of azide groups is 1. The Kier molecular flexibility index (Phi) is 36.7. The van der Waals surface area contributed by atoms with E-state index in [4.69, 9.17) is 5.53 Å². The summed E-state index contributed by atoms with van der Waals surface area (Å²) in [5.41, 5.74) is 8.79. The molecular weight excluding hydrogens is 743 g/mol. The standard InChI is InChI=1S/C41H79N11O6/c1-5-7-9-12-36(53)16-29-51(32-19-39(56)45-22-8-6-2)34-25-47-41(58)20-33-52(35-26-48-49-42)30-17-38(55)14-11-27-50(28-15-37(54)13-10-21-43-3)31-18-40(57)46-24-23-44-4/h43-44H,5-35H2,1-4H3,(H,45,56)(H,46,57)(H,47,58). The van der Waals surface area contributed by atoms with Gasteiger partial charge in [-0.1, -0.05) is 38.2 Å². The Balaban J connectivity index is 5.00. The van der Waals surface area contributed by atoms with E-state index in [-0.39, 0.29) is 54.5 Å². The maximum Gasteiger partial charge on any atom is 0.221 e. The molecule has 0 heterocycles. The molecule has 0 aliphatic rings. The number of unbranched alkanes of at least 4 members (excludes halogenated alkanes) is 3. The van der Waals surface area contributed by atoms with Gasteiger partial charge in [-0.3, -0.25) is 28.8 Å². The van der Waals surface area contributed by atoms with Crippen LogP contribution in [0.4, 0.5) is 0 Å². The molecule has 0 saturated carbocycles. The van der Waals surface area contributed by atoms with E-state index in [1.54, 1.807) is 0 Å². The summed E-state index contributed by atoms with van der Waals surface area (Å²) in [6, 6.07) is 0. The molecule has 0 aromatic heterocycles. The maximum absolute atomic E-state index is 13.0. The summed E-state index contributed by atoms with van der Waals surface area (Å²) in [6.45, 7) is 11.8. The van der Waals surface area contributed by atoms with E-state index in [0.717, 1.165) is 45.1 Å². The highest BCUT2D eigenvalue weighted by molar-refractivity contribution is 5.80. The third-order valence-corrected chi connectivity index (χ3v) is 9.84. The number of nitrogens with one attached hydrogen (secondary N) is 5. The van der Waals surface area contributed by atoms with E-state index in [1.165, 1.54) is 0 Å². The second-order valence-corrected chi connectivity index (χ2v) is 14.9. The monoisotopic (exact) mass is 822 g/mol. The van der Waals surface area contributed by atoms with Crippen LogP contribution in [-0.4, -0.2) is 162 Å².